The lowest BCUT2D eigenvalue weighted by molar-refractivity contribution is 0.394. The van der Waals surface area contributed by atoms with E-state index < -0.39 is 0 Å². The molecule has 0 aliphatic rings. The largest absolute Gasteiger partial charge is 0.512 e. The number of aryl methyl sites for hydroxylation is 1. The summed E-state index contributed by atoms with van der Waals surface area (Å²) in [5.74, 6) is 1.39. The number of rotatable bonds is 7. The fourth-order valence-corrected chi connectivity index (χ4v) is 2.32. The van der Waals surface area contributed by atoms with Gasteiger partial charge in [0.15, 0.2) is 5.43 Å². The molecule has 0 fully saturated rings. The summed E-state index contributed by atoms with van der Waals surface area (Å²) in [5.41, 5.74) is 9.11. The molecule has 1 unspecified atom stereocenters. The number of nitrogens with zero attached hydrogens (tertiary/aromatic N) is 2. The molecule has 4 N–H and O–H groups in total. The summed E-state index contributed by atoms with van der Waals surface area (Å²) in [4.78, 5) is 24.0. The molecule has 0 aliphatic carbocycles. The Morgan fingerprint density at radius 1 is 1.33 bits per heavy atom. The molecule has 1 rings (SSSR count). The van der Waals surface area contributed by atoms with Crippen molar-refractivity contribution in [1.29, 1.82) is 0 Å². The van der Waals surface area contributed by atoms with Gasteiger partial charge < -0.3 is 15.8 Å². The number of nitrogens with two attached hydrogens (primary N) is 1. The maximum atomic E-state index is 12.0. The molecule has 1 aromatic rings. The average molecular weight is 373 g/mol. The van der Waals surface area contributed by atoms with Crippen molar-refractivity contribution < 1.29 is 5.11 Å². The van der Waals surface area contributed by atoms with Crippen LogP contribution in [0.4, 0.5) is 0 Å². The molecular weight excluding hydrogens is 340 g/mol. The number of nitrogens with one attached hydrogen (secondary N) is 1. The normalized spacial score (nSPS) is 15.2. The maximum absolute atomic E-state index is 12.0. The molecule has 0 radical (unpaired) electrons. The van der Waals surface area contributed by atoms with Gasteiger partial charge >= 0.3 is 0 Å². The van der Waals surface area contributed by atoms with E-state index in [4.69, 9.17) is 5.73 Å². The van der Waals surface area contributed by atoms with Gasteiger partial charge in [0.25, 0.3) is 0 Å². The number of pyridine rings is 1. The number of aromatic amines is 1. The summed E-state index contributed by atoms with van der Waals surface area (Å²) in [6.07, 6.45) is 4.97. The molecule has 0 spiro atoms. The molecule has 6 heteroatoms. The van der Waals surface area contributed by atoms with Crippen molar-refractivity contribution in [3.8, 4) is 0 Å². The first kappa shape index (κ1) is 22.4. The van der Waals surface area contributed by atoms with Crippen molar-refractivity contribution >= 4 is 11.7 Å². The van der Waals surface area contributed by atoms with Gasteiger partial charge in [0.05, 0.1) is 11.5 Å². The van der Waals surface area contributed by atoms with Crippen LogP contribution in [-0.2, 0) is 6.42 Å². The van der Waals surface area contributed by atoms with Crippen LogP contribution in [0.5, 0.6) is 0 Å². The lowest BCUT2D eigenvalue weighted by Crippen LogP contribution is -2.23. The summed E-state index contributed by atoms with van der Waals surface area (Å²) in [7, 11) is 0. The summed E-state index contributed by atoms with van der Waals surface area (Å²) >= 11 is 0. The second-order valence-corrected chi connectivity index (χ2v) is 6.72. The Hall–Kier alpha value is -2.63. The molecule has 27 heavy (non-hydrogen) atoms. The van der Waals surface area contributed by atoms with Gasteiger partial charge in [-0.2, -0.15) is 0 Å². The first-order valence-electron chi connectivity index (χ1n) is 9.34. The van der Waals surface area contributed by atoms with Crippen molar-refractivity contribution in [2.24, 2.45) is 21.6 Å². The maximum Gasteiger partial charge on any atom is 0.185 e. The third-order valence-corrected chi connectivity index (χ3v) is 4.53. The number of allylic oxidation sites excluding steroid dienone is 3. The zero-order valence-electron chi connectivity index (χ0n) is 17.3. The molecule has 0 amide bonds. The van der Waals surface area contributed by atoms with Crippen molar-refractivity contribution in [3.05, 3.63) is 56.7 Å². The van der Waals surface area contributed by atoms with Crippen molar-refractivity contribution in [3.63, 3.8) is 0 Å². The zero-order valence-corrected chi connectivity index (χ0v) is 17.3. The lowest BCUT2D eigenvalue weighted by atomic mass is 10.0. The number of aliphatic hydroxyl groups excluding tert-OH is 1. The van der Waals surface area contributed by atoms with E-state index in [0.717, 1.165) is 11.3 Å². The molecular formula is C21H32N4O2. The molecule has 148 valence electrons. The number of hydrogen-bond acceptors (Lipinski definition) is 3. The van der Waals surface area contributed by atoms with Gasteiger partial charge in [-0.1, -0.05) is 32.4 Å². The molecule has 0 saturated carbocycles. The minimum absolute atomic E-state index is 0.0499. The first-order chi connectivity index (χ1) is 12.7. The lowest BCUT2D eigenvalue weighted by Gasteiger charge is -2.10. The quantitative estimate of drug-likeness (QED) is 0.293. The van der Waals surface area contributed by atoms with Gasteiger partial charge in [-0.25, -0.2) is 4.99 Å². The number of aliphatic hydroxyl groups is 1. The van der Waals surface area contributed by atoms with Crippen LogP contribution in [0.15, 0.2) is 44.3 Å². The Bertz CT molecular complexity index is 829. The Labute approximate surface area is 161 Å². The smallest absolute Gasteiger partial charge is 0.185 e. The molecule has 0 bridgehead atoms. The Balaban J connectivity index is 2.95. The standard InChI is InChI=1S/C21H32N4O2/c1-7-17-11-19(27)15(5)20(25-17)21(22)24-16(6)23-12-14(4)13(3)9-10-18(26)8-2/h9-11,14,26H,7-8,12H2,1-6H3,(H,25,27)(H2,22,23,24)/b13-9+,18-10+. The molecule has 0 aromatic carbocycles. The fraction of sp³-hybridized carbons (Fsp3) is 0.476. The summed E-state index contributed by atoms with van der Waals surface area (Å²) in [5, 5.41) is 9.53. The van der Waals surface area contributed by atoms with Gasteiger partial charge in [-0.05, 0) is 39.2 Å². The minimum atomic E-state index is -0.0499. The van der Waals surface area contributed by atoms with E-state index in [9.17, 15) is 9.90 Å². The molecule has 6 nitrogen and oxygen atoms in total. The highest BCUT2D eigenvalue weighted by Crippen LogP contribution is 2.11. The van der Waals surface area contributed by atoms with E-state index in [2.05, 4.69) is 21.9 Å². The predicted octanol–water partition coefficient (Wildman–Crippen LogP) is 3.80. The Morgan fingerprint density at radius 2 is 2.00 bits per heavy atom. The summed E-state index contributed by atoms with van der Waals surface area (Å²) < 4.78 is 0. The van der Waals surface area contributed by atoms with E-state index >= 15 is 0 Å². The van der Waals surface area contributed by atoms with Gasteiger partial charge in [-0.3, -0.25) is 9.79 Å². The number of hydrogen-bond donors (Lipinski definition) is 3. The number of amidine groups is 2. The predicted molar refractivity (Wildman–Crippen MR) is 114 cm³/mol. The van der Waals surface area contributed by atoms with Crippen LogP contribution in [0.1, 0.15) is 58.0 Å². The summed E-state index contributed by atoms with van der Waals surface area (Å²) in [6, 6.07) is 1.59. The summed E-state index contributed by atoms with van der Waals surface area (Å²) in [6.45, 7) is 12.0. The highest BCUT2D eigenvalue weighted by atomic mass is 16.3. The molecule has 1 atom stereocenters. The van der Waals surface area contributed by atoms with Crippen molar-refractivity contribution in [2.45, 2.75) is 54.4 Å². The third kappa shape index (κ3) is 6.89. The topological polar surface area (TPSA) is 104 Å². The average Bonchev–Trinajstić information content (AvgIpc) is 2.65. The van der Waals surface area contributed by atoms with E-state index in [1.54, 1.807) is 26.0 Å². The van der Waals surface area contributed by atoms with Crippen LogP contribution < -0.4 is 11.2 Å². The van der Waals surface area contributed by atoms with E-state index in [1.807, 2.05) is 26.8 Å². The van der Waals surface area contributed by atoms with Crippen molar-refractivity contribution in [1.82, 2.24) is 4.98 Å². The SMILES string of the molecule is CC/C(O)=C\C=C(/C)C(C)CN=C(C)N=C(N)c1[nH]c(CC)cc(=O)c1C. The van der Waals surface area contributed by atoms with Crippen LogP contribution in [-0.4, -0.2) is 28.3 Å². The van der Waals surface area contributed by atoms with Gasteiger partial charge in [0.1, 0.15) is 11.7 Å². The highest BCUT2D eigenvalue weighted by Gasteiger charge is 2.09. The van der Waals surface area contributed by atoms with E-state index in [1.165, 1.54) is 0 Å². The van der Waals surface area contributed by atoms with Crippen LogP contribution in [0, 0.1) is 12.8 Å². The zero-order chi connectivity index (χ0) is 20.6. The van der Waals surface area contributed by atoms with Crippen LogP contribution in [0.25, 0.3) is 0 Å². The molecule has 0 aliphatic heterocycles. The molecule has 1 heterocycles. The number of H-pyrrole nitrogens is 1. The Morgan fingerprint density at radius 3 is 2.59 bits per heavy atom. The van der Waals surface area contributed by atoms with Gasteiger partial charge in [0, 0.05) is 30.3 Å². The van der Waals surface area contributed by atoms with E-state index in [0.29, 0.717) is 42.2 Å². The van der Waals surface area contributed by atoms with Gasteiger partial charge in [-0.15, -0.1) is 0 Å². The third-order valence-electron chi connectivity index (χ3n) is 4.53. The minimum Gasteiger partial charge on any atom is -0.512 e. The first-order valence-corrected chi connectivity index (χ1v) is 9.34. The molecule has 1 aromatic heterocycles. The Kier molecular flexibility index (Phi) is 8.72. The fourth-order valence-electron chi connectivity index (χ4n) is 2.32. The van der Waals surface area contributed by atoms with Gasteiger partial charge in [0.2, 0.25) is 0 Å². The highest BCUT2D eigenvalue weighted by molar-refractivity contribution is 6.04. The second kappa shape index (κ2) is 10.5. The van der Waals surface area contributed by atoms with Crippen LogP contribution in [0.2, 0.25) is 0 Å². The van der Waals surface area contributed by atoms with Crippen LogP contribution >= 0.6 is 0 Å². The molecule has 0 saturated heterocycles. The van der Waals surface area contributed by atoms with Crippen LogP contribution in [0.3, 0.4) is 0 Å². The monoisotopic (exact) mass is 372 g/mol. The van der Waals surface area contributed by atoms with Crippen molar-refractivity contribution in [2.75, 3.05) is 6.54 Å². The van der Waals surface area contributed by atoms with E-state index in [-0.39, 0.29) is 17.2 Å². The number of aromatic nitrogens is 1. The number of aliphatic imine (C=N–C) groups is 2. The second-order valence-electron chi connectivity index (χ2n) is 6.72.